The average Bonchev–Trinajstić information content (AvgIpc) is 3.50. The van der Waals surface area contributed by atoms with Crippen LogP contribution in [0.2, 0.25) is 0 Å². The summed E-state index contributed by atoms with van der Waals surface area (Å²) >= 11 is 0. The number of hydrogen-bond acceptors (Lipinski definition) is 3. The van der Waals surface area contributed by atoms with E-state index in [1.165, 1.54) is 31.9 Å². The Morgan fingerprint density at radius 1 is 1.06 bits per heavy atom. The fourth-order valence-corrected chi connectivity index (χ4v) is 7.04. The molecular formula is C45H62F3N3. The molecule has 1 unspecified atom stereocenters. The van der Waals surface area contributed by atoms with E-state index < -0.39 is 11.8 Å². The van der Waals surface area contributed by atoms with Gasteiger partial charge in [0.05, 0.1) is 12.1 Å². The SMILES string of the molecule is C=CN(CC1=CCC=C(CCCCC(=C)C)C=C1F)N(C)C1(/C(C)=C(\C)C(=C)Nc2ccc(C(C)(C)F)cc2C(=C)/C=C(\C)C(C)F)CCCC1. The summed E-state index contributed by atoms with van der Waals surface area (Å²) in [6, 6.07) is 5.39. The van der Waals surface area contributed by atoms with Crippen molar-refractivity contribution < 1.29 is 13.2 Å². The van der Waals surface area contributed by atoms with Crippen molar-refractivity contribution >= 4 is 11.3 Å². The number of nitrogens with zero attached hydrogens (tertiary/aromatic N) is 2. The number of nitrogens with one attached hydrogen (secondary N) is 1. The number of rotatable bonds is 18. The quantitative estimate of drug-likeness (QED) is 0.0711. The number of halogens is 3. The van der Waals surface area contributed by atoms with Crippen LogP contribution in [0.4, 0.5) is 18.9 Å². The minimum absolute atomic E-state index is 0.189. The first-order chi connectivity index (χ1) is 23.9. The molecule has 278 valence electrons. The van der Waals surface area contributed by atoms with Crippen LogP contribution in [0.1, 0.15) is 117 Å². The highest BCUT2D eigenvalue weighted by atomic mass is 19.1. The Morgan fingerprint density at radius 2 is 1.73 bits per heavy atom. The molecule has 0 amide bonds. The minimum Gasteiger partial charge on any atom is -0.355 e. The van der Waals surface area contributed by atoms with Gasteiger partial charge < -0.3 is 10.3 Å². The molecule has 2 aliphatic rings. The van der Waals surface area contributed by atoms with E-state index in [0.29, 0.717) is 52.2 Å². The summed E-state index contributed by atoms with van der Waals surface area (Å²) < 4.78 is 44.8. The van der Waals surface area contributed by atoms with Crippen molar-refractivity contribution in [3.05, 3.63) is 131 Å². The Bertz CT molecular complexity index is 1620. The summed E-state index contributed by atoms with van der Waals surface area (Å²) in [5.41, 5.74) is 6.92. The van der Waals surface area contributed by atoms with Crippen molar-refractivity contribution in [2.75, 3.05) is 18.9 Å². The zero-order valence-electron chi connectivity index (χ0n) is 32.6. The lowest BCUT2D eigenvalue weighted by molar-refractivity contribution is -0.0283. The van der Waals surface area contributed by atoms with Gasteiger partial charge in [0.1, 0.15) is 17.7 Å². The van der Waals surface area contributed by atoms with Crippen molar-refractivity contribution in [3.8, 4) is 0 Å². The Morgan fingerprint density at radius 3 is 2.31 bits per heavy atom. The van der Waals surface area contributed by atoms with Gasteiger partial charge in [-0.05, 0) is 145 Å². The largest absolute Gasteiger partial charge is 0.355 e. The number of alkyl halides is 2. The molecule has 1 fully saturated rings. The van der Waals surface area contributed by atoms with E-state index in [-0.39, 0.29) is 11.4 Å². The van der Waals surface area contributed by atoms with E-state index >= 15 is 8.78 Å². The van der Waals surface area contributed by atoms with Crippen LogP contribution >= 0.6 is 0 Å². The molecule has 2 aliphatic carbocycles. The lowest BCUT2D eigenvalue weighted by atomic mass is 9.84. The molecule has 0 spiro atoms. The van der Waals surface area contributed by atoms with E-state index in [9.17, 15) is 4.39 Å². The molecule has 0 aliphatic heterocycles. The van der Waals surface area contributed by atoms with E-state index in [4.69, 9.17) is 0 Å². The van der Waals surface area contributed by atoms with Gasteiger partial charge in [-0.15, -0.1) is 6.58 Å². The van der Waals surface area contributed by atoms with E-state index in [1.807, 2.05) is 24.1 Å². The van der Waals surface area contributed by atoms with Gasteiger partial charge in [-0.1, -0.05) is 62.4 Å². The number of anilines is 1. The number of allylic oxidation sites excluding steroid dienone is 9. The van der Waals surface area contributed by atoms with Crippen molar-refractivity contribution in [2.24, 2.45) is 0 Å². The maximum absolute atomic E-state index is 15.7. The third-order valence-corrected chi connectivity index (χ3v) is 10.7. The normalized spacial score (nSPS) is 17.5. The average molecular weight is 702 g/mol. The molecule has 0 radical (unpaired) electrons. The third kappa shape index (κ3) is 10.9. The summed E-state index contributed by atoms with van der Waals surface area (Å²) in [6.07, 6.45) is 16.8. The number of hydrogen-bond donors (Lipinski definition) is 1. The Kier molecular flexibility index (Phi) is 14.8. The molecule has 1 aromatic rings. The first-order valence-electron chi connectivity index (χ1n) is 18.4. The van der Waals surface area contributed by atoms with Gasteiger partial charge in [-0.2, -0.15) is 0 Å². The molecule has 1 atom stereocenters. The van der Waals surface area contributed by atoms with Crippen molar-refractivity contribution in [3.63, 3.8) is 0 Å². The Balaban J connectivity index is 1.88. The van der Waals surface area contributed by atoms with Crippen molar-refractivity contribution in [2.45, 2.75) is 124 Å². The molecule has 1 N–H and O–H groups in total. The smallest absolute Gasteiger partial charge is 0.130 e. The number of benzene rings is 1. The van der Waals surface area contributed by atoms with Crippen LogP contribution in [-0.4, -0.2) is 35.3 Å². The van der Waals surface area contributed by atoms with Gasteiger partial charge in [0.15, 0.2) is 0 Å². The second-order valence-corrected chi connectivity index (χ2v) is 15.1. The number of likely N-dealkylation sites (N-methyl/N-ethyl adjacent to an activating group) is 1. The second kappa shape index (κ2) is 18.1. The van der Waals surface area contributed by atoms with Gasteiger partial charge >= 0.3 is 0 Å². The fourth-order valence-electron chi connectivity index (χ4n) is 7.04. The van der Waals surface area contributed by atoms with Gasteiger partial charge in [0.25, 0.3) is 0 Å². The molecule has 0 heterocycles. The van der Waals surface area contributed by atoms with Crippen LogP contribution in [0.5, 0.6) is 0 Å². The lowest BCUT2D eigenvalue weighted by Crippen LogP contribution is -2.53. The molecule has 0 aromatic heterocycles. The monoisotopic (exact) mass is 701 g/mol. The van der Waals surface area contributed by atoms with Crippen LogP contribution in [-0.2, 0) is 5.67 Å². The number of hydrazine groups is 1. The zero-order valence-corrected chi connectivity index (χ0v) is 32.6. The van der Waals surface area contributed by atoms with Crippen LogP contribution in [0.25, 0.3) is 5.57 Å². The molecule has 0 saturated heterocycles. The van der Waals surface area contributed by atoms with Crippen LogP contribution < -0.4 is 5.32 Å². The maximum Gasteiger partial charge on any atom is 0.130 e. The predicted molar refractivity (Wildman–Crippen MR) is 214 cm³/mol. The summed E-state index contributed by atoms with van der Waals surface area (Å²) in [6.45, 7) is 29.7. The third-order valence-electron chi connectivity index (χ3n) is 10.7. The summed E-state index contributed by atoms with van der Waals surface area (Å²) in [7, 11) is 2.07. The highest BCUT2D eigenvalue weighted by molar-refractivity contribution is 5.83. The van der Waals surface area contributed by atoms with Gasteiger partial charge in [0, 0.05) is 35.8 Å². The molecule has 1 saturated carbocycles. The molecule has 1 aromatic carbocycles. The first-order valence-corrected chi connectivity index (χ1v) is 18.4. The molecular weight excluding hydrogens is 640 g/mol. The number of unbranched alkanes of at least 4 members (excludes halogenated alkanes) is 1. The topological polar surface area (TPSA) is 18.5 Å². The lowest BCUT2D eigenvalue weighted by Gasteiger charge is -2.46. The molecule has 51 heavy (non-hydrogen) atoms. The van der Waals surface area contributed by atoms with Crippen LogP contribution in [0.15, 0.2) is 120 Å². The molecule has 3 rings (SSSR count). The highest BCUT2D eigenvalue weighted by Crippen LogP contribution is 2.44. The summed E-state index contributed by atoms with van der Waals surface area (Å²) in [5.74, 6) is -0.189. The van der Waals surface area contributed by atoms with Crippen molar-refractivity contribution in [1.82, 2.24) is 10.0 Å². The molecule has 6 heteroatoms. The Labute approximate surface area is 307 Å². The molecule has 0 bridgehead atoms. The van der Waals surface area contributed by atoms with Gasteiger partial charge in [-0.25, -0.2) is 18.2 Å². The standard InChI is InChI=1S/C45H62F3N3/c1-13-51(30-39-22-18-21-38(28-42(39)47)20-15-14-19-31(2)3)50(12)45(25-16-17-26-45)35(7)34(6)37(9)49-43-24-23-40(44(10,11)48)29-41(43)33(5)27-32(4)36(8)46/h13,21-24,27-29,36,49H,1-2,5,9,14-20,25-26,30H2,3-4,6-8,10-12H3/b32-27+,35-34+. The predicted octanol–water partition coefficient (Wildman–Crippen LogP) is 13.3. The summed E-state index contributed by atoms with van der Waals surface area (Å²) in [5, 5.41) is 7.77. The minimum atomic E-state index is -1.56. The fraction of sp³-hybridized carbons (Fsp3) is 0.467. The van der Waals surface area contributed by atoms with Gasteiger partial charge in [0.2, 0.25) is 0 Å². The maximum atomic E-state index is 15.7. The highest BCUT2D eigenvalue weighted by Gasteiger charge is 2.42. The molecule has 3 nitrogen and oxygen atoms in total. The van der Waals surface area contributed by atoms with Crippen LogP contribution in [0, 0.1) is 0 Å². The van der Waals surface area contributed by atoms with E-state index in [1.54, 1.807) is 37.4 Å². The van der Waals surface area contributed by atoms with Crippen molar-refractivity contribution in [1.29, 1.82) is 0 Å². The van der Waals surface area contributed by atoms with Gasteiger partial charge in [-0.3, -0.25) is 0 Å². The Hall–Kier alpha value is -3.77. The van der Waals surface area contributed by atoms with Crippen LogP contribution in [0.3, 0.4) is 0 Å². The zero-order chi connectivity index (χ0) is 38.1. The summed E-state index contributed by atoms with van der Waals surface area (Å²) in [4.78, 5) is 0. The van der Waals surface area contributed by atoms with E-state index in [2.05, 4.69) is 63.6 Å². The first kappa shape index (κ1) is 41.6. The second-order valence-electron chi connectivity index (χ2n) is 15.1. The van der Waals surface area contributed by atoms with E-state index in [0.717, 1.165) is 62.5 Å².